The van der Waals surface area contributed by atoms with Crippen LogP contribution in [-0.2, 0) is 32.0 Å². The van der Waals surface area contributed by atoms with E-state index in [4.69, 9.17) is 9.47 Å². The van der Waals surface area contributed by atoms with E-state index in [-0.39, 0.29) is 0 Å². The Morgan fingerprint density at radius 2 is 1.63 bits per heavy atom. The fourth-order valence-electron chi connectivity index (χ4n) is 3.30. The predicted octanol–water partition coefficient (Wildman–Crippen LogP) is -3.77. The van der Waals surface area contributed by atoms with Gasteiger partial charge in [0.25, 0.3) is 5.56 Å². The second-order valence-corrected chi connectivity index (χ2v) is 10.7. The van der Waals surface area contributed by atoms with Crippen molar-refractivity contribution in [1.29, 1.82) is 0 Å². The molecule has 0 saturated carbocycles. The largest absolute Gasteiger partial charge is 0.483 e. The second kappa shape index (κ2) is 10.6. The van der Waals surface area contributed by atoms with E-state index in [9.17, 15) is 54.0 Å². The van der Waals surface area contributed by atoms with Gasteiger partial charge in [-0.25, -0.2) is 13.9 Å². The first-order chi connectivity index (χ1) is 16.1. The van der Waals surface area contributed by atoms with Crippen molar-refractivity contribution in [1.82, 2.24) is 9.55 Å². The topological polar surface area (TPSA) is 277 Å². The van der Waals surface area contributed by atoms with Crippen molar-refractivity contribution in [3.8, 4) is 0 Å². The minimum atomic E-state index is -5.50. The lowest BCUT2D eigenvalue weighted by Gasteiger charge is -2.38. The van der Waals surface area contributed by atoms with Crippen LogP contribution >= 0.6 is 15.6 Å². The highest BCUT2D eigenvalue weighted by atomic mass is 31.3. The lowest BCUT2D eigenvalue weighted by molar-refractivity contribution is -0.271. The molecule has 3 unspecified atom stereocenters. The van der Waals surface area contributed by atoms with E-state index >= 15 is 0 Å². The van der Waals surface area contributed by atoms with Crippen LogP contribution in [0.15, 0.2) is 21.9 Å². The van der Waals surface area contributed by atoms with Gasteiger partial charge in [-0.3, -0.25) is 23.4 Å². The van der Waals surface area contributed by atoms with E-state index in [0.29, 0.717) is 0 Å². The van der Waals surface area contributed by atoms with Crippen molar-refractivity contribution in [3.05, 3.63) is 33.1 Å². The van der Waals surface area contributed by atoms with E-state index in [2.05, 4.69) is 13.4 Å². The van der Waals surface area contributed by atoms with E-state index in [1.807, 2.05) is 4.98 Å². The smallest absolute Gasteiger partial charge is 0.388 e. The van der Waals surface area contributed by atoms with Crippen LogP contribution in [0.1, 0.15) is 13.2 Å². The van der Waals surface area contributed by atoms with Gasteiger partial charge in [0.15, 0.2) is 12.5 Å². The number of aromatic amines is 1. The summed E-state index contributed by atoms with van der Waals surface area (Å²) >= 11 is 0. The third-order valence-corrected chi connectivity index (χ3v) is 7.72. The number of phosphoric ester groups is 2. The summed E-state index contributed by atoms with van der Waals surface area (Å²) in [5.41, 5.74) is -1.72. The Hall–Kier alpha value is -1.34. The lowest BCUT2D eigenvalue weighted by Crippen LogP contribution is -2.57. The molecule has 3 rings (SSSR count). The molecule has 0 aliphatic carbocycles. The Labute approximate surface area is 195 Å². The summed E-state index contributed by atoms with van der Waals surface area (Å²) in [6.45, 7) is 0.250. The van der Waals surface area contributed by atoms with Gasteiger partial charge in [0.1, 0.15) is 36.6 Å². The molecule has 0 bridgehead atoms. The number of ether oxygens (including phenoxy) is 2. The number of nitrogens with one attached hydrogen (secondary N) is 1. The van der Waals surface area contributed by atoms with Gasteiger partial charge in [0, 0.05) is 12.3 Å². The zero-order chi connectivity index (χ0) is 26.3. The summed E-state index contributed by atoms with van der Waals surface area (Å²) in [6, 6.07) is 0.940. The van der Waals surface area contributed by atoms with Gasteiger partial charge in [-0.2, -0.15) is 4.31 Å². The number of H-pyrrole nitrogens is 1. The zero-order valence-electron chi connectivity index (χ0n) is 17.7. The quantitative estimate of drug-likeness (QED) is 0.144. The molecule has 3 heterocycles. The molecule has 200 valence electrons. The van der Waals surface area contributed by atoms with Crippen LogP contribution in [0.3, 0.4) is 0 Å². The molecule has 0 aromatic carbocycles. The van der Waals surface area contributed by atoms with Crippen molar-refractivity contribution >= 4 is 15.6 Å². The van der Waals surface area contributed by atoms with Gasteiger partial charge < -0.3 is 44.8 Å². The van der Waals surface area contributed by atoms with E-state index in [1.54, 1.807) is 0 Å². The van der Waals surface area contributed by atoms with Crippen LogP contribution < -0.4 is 11.2 Å². The molecule has 11 atom stereocenters. The van der Waals surface area contributed by atoms with Crippen LogP contribution in [0, 0.1) is 0 Å². The minimum absolute atomic E-state index is 0.737. The monoisotopic (exact) mass is 550 g/mol. The van der Waals surface area contributed by atoms with Gasteiger partial charge in [-0.15, -0.1) is 0 Å². The zero-order valence-corrected chi connectivity index (χ0v) is 19.5. The molecule has 35 heavy (non-hydrogen) atoms. The van der Waals surface area contributed by atoms with Crippen molar-refractivity contribution in [2.45, 2.75) is 62.2 Å². The average molecular weight is 550 g/mol. The molecule has 2 aliphatic heterocycles. The maximum absolute atomic E-state index is 12.1. The normalized spacial score (nSPS) is 39.1. The highest BCUT2D eigenvalue weighted by Crippen LogP contribution is 2.61. The van der Waals surface area contributed by atoms with Crippen molar-refractivity contribution in [2.75, 3.05) is 6.61 Å². The third kappa shape index (κ3) is 6.51. The fourth-order valence-corrected chi connectivity index (χ4v) is 5.45. The molecule has 2 aliphatic rings. The SMILES string of the molecule is C[C@H]1OC(OP(=O)(O)OP(=O)(O)OC[C@H]2O[C@@H](n3ccc(=O)[nH]c3=O)[C@H](O)[C@@H]2O)[C@@H](O)[C@@H](O)[C@@H]1O. The Morgan fingerprint density at radius 3 is 2.26 bits per heavy atom. The molecule has 0 radical (unpaired) electrons. The van der Waals surface area contributed by atoms with Crippen LogP contribution in [0.5, 0.6) is 0 Å². The summed E-state index contributed by atoms with van der Waals surface area (Å²) in [7, 11) is -10.9. The van der Waals surface area contributed by atoms with Crippen molar-refractivity contribution in [3.63, 3.8) is 0 Å². The summed E-state index contributed by atoms with van der Waals surface area (Å²) in [4.78, 5) is 44.5. The van der Waals surface area contributed by atoms with Gasteiger partial charge in [-0.05, 0) is 6.92 Å². The Balaban J connectivity index is 1.61. The van der Waals surface area contributed by atoms with E-state index < -0.39 is 88.7 Å². The van der Waals surface area contributed by atoms with Crippen LogP contribution in [0.2, 0.25) is 0 Å². The predicted molar refractivity (Wildman–Crippen MR) is 107 cm³/mol. The molecule has 0 amide bonds. The van der Waals surface area contributed by atoms with Gasteiger partial charge in [0.05, 0.1) is 12.7 Å². The molecule has 0 spiro atoms. The molecule has 2 fully saturated rings. The maximum atomic E-state index is 12.1. The average Bonchev–Trinajstić information content (AvgIpc) is 3.02. The van der Waals surface area contributed by atoms with Gasteiger partial charge >= 0.3 is 21.3 Å². The van der Waals surface area contributed by atoms with Gasteiger partial charge in [0.2, 0.25) is 0 Å². The molecule has 8 N–H and O–H groups in total. The van der Waals surface area contributed by atoms with Crippen LogP contribution in [-0.4, -0.2) is 100 Å². The number of nitrogens with zero attached hydrogens (tertiary/aromatic N) is 1. The molecule has 20 heteroatoms. The molecular weight excluding hydrogens is 526 g/mol. The second-order valence-electron chi connectivity index (χ2n) is 7.66. The molecule has 1 aromatic rings. The number of phosphoric acid groups is 2. The molecular formula is C15H24N2O16P2. The van der Waals surface area contributed by atoms with E-state index in [1.165, 1.54) is 6.92 Å². The van der Waals surface area contributed by atoms with Crippen LogP contribution in [0.25, 0.3) is 0 Å². The first kappa shape index (κ1) is 28.2. The van der Waals surface area contributed by atoms with E-state index in [0.717, 1.165) is 16.8 Å². The number of aliphatic hydroxyl groups excluding tert-OH is 5. The first-order valence-electron chi connectivity index (χ1n) is 9.84. The van der Waals surface area contributed by atoms with Crippen molar-refractivity contribution < 1.29 is 67.3 Å². The Morgan fingerprint density at radius 1 is 0.971 bits per heavy atom. The summed E-state index contributed by atoms with van der Waals surface area (Å²) < 4.78 is 48.3. The summed E-state index contributed by atoms with van der Waals surface area (Å²) in [5, 5.41) is 49.4. The lowest BCUT2D eigenvalue weighted by atomic mass is 10.0. The summed E-state index contributed by atoms with van der Waals surface area (Å²) in [6.07, 6.45) is -14.2. The fraction of sp³-hybridized carbons (Fsp3) is 0.733. The number of rotatable bonds is 8. The molecule has 2 saturated heterocycles. The standard InChI is InChI=1S/C15H24N2O16P2/c1-5-8(19)10(21)12(23)14(30-5)32-35(27,28)33-34(25,26)29-4-6-9(20)11(22)13(31-6)17-3-2-7(18)16-15(17)24/h2-3,5-6,8-14,19-23H,4H2,1H3,(H,25,26)(H,27,28)(H,16,18,24)/t5-,6-,8-,9-,10+,11-,12+,13-,14?/m1/s1. The number of hydrogen-bond donors (Lipinski definition) is 8. The third-order valence-electron chi connectivity index (χ3n) is 5.12. The summed E-state index contributed by atoms with van der Waals surface area (Å²) in [5.74, 6) is 0. The Kier molecular flexibility index (Phi) is 8.52. The number of hydrogen-bond acceptors (Lipinski definition) is 14. The molecule has 1 aromatic heterocycles. The maximum Gasteiger partial charge on any atom is 0.483 e. The molecule has 18 nitrogen and oxygen atoms in total. The Bertz CT molecular complexity index is 1110. The van der Waals surface area contributed by atoms with Crippen LogP contribution in [0.4, 0.5) is 0 Å². The van der Waals surface area contributed by atoms with Gasteiger partial charge in [-0.1, -0.05) is 0 Å². The number of aromatic nitrogens is 2. The minimum Gasteiger partial charge on any atom is -0.388 e. The number of aliphatic hydroxyl groups is 5. The first-order valence-corrected chi connectivity index (χ1v) is 12.8. The van der Waals surface area contributed by atoms with Crippen molar-refractivity contribution in [2.24, 2.45) is 0 Å². The highest BCUT2D eigenvalue weighted by molar-refractivity contribution is 7.61. The highest BCUT2D eigenvalue weighted by Gasteiger charge is 2.49.